The number of nitrogen functional groups attached to an aromatic ring is 1. The number of amides is 1. The van der Waals surface area contributed by atoms with E-state index in [-0.39, 0.29) is 11.5 Å². The quantitative estimate of drug-likeness (QED) is 0.816. The van der Waals surface area contributed by atoms with Crippen molar-refractivity contribution in [1.82, 2.24) is 9.78 Å². The predicted molar refractivity (Wildman–Crippen MR) is 82.0 cm³/mol. The highest BCUT2D eigenvalue weighted by atomic mass is 16.1. The van der Waals surface area contributed by atoms with Crippen molar-refractivity contribution in [2.75, 3.05) is 11.1 Å². The Labute approximate surface area is 122 Å². The average Bonchev–Trinajstić information content (AvgIpc) is 2.42. The molecule has 0 saturated heterocycles. The zero-order valence-corrected chi connectivity index (χ0v) is 11.9. The van der Waals surface area contributed by atoms with Gasteiger partial charge in [0.05, 0.1) is 5.69 Å². The molecule has 6 nitrogen and oxygen atoms in total. The van der Waals surface area contributed by atoms with Crippen LogP contribution in [0.5, 0.6) is 0 Å². The molecule has 0 fully saturated rings. The Kier molecular flexibility index (Phi) is 4.71. The Morgan fingerprint density at radius 3 is 2.90 bits per heavy atom. The summed E-state index contributed by atoms with van der Waals surface area (Å²) in [5.41, 5.74) is 7.54. The molecule has 0 aliphatic carbocycles. The van der Waals surface area contributed by atoms with Gasteiger partial charge in [-0.1, -0.05) is 6.07 Å². The Morgan fingerprint density at radius 1 is 1.33 bits per heavy atom. The van der Waals surface area contributed by atoms with Gasteiger partial charge in [0.25, 0.3) is 5.56 Å². The summed E-state index contributed by atoms with van der Waals surface area (Å²) in [6, 6.07) is 10.2. The number of nitrogens with zero attached hydrogens (tertiary/aromatic N) is 2. The smallest absolute Gasteiger partial charge is 0.266 e. The van der Waals surface area contributed by atoms with Gasteiger partial charge >= 0.3 is 0 Å². The number of hydrogen-bond acceptors (Lipinski definition) is 4. The van der Waals surface area contributed by atoms with E-state index in [1.807, 2.05) is 6.92 Å². The lowest BCUT2D eigenvalue weighted by molar-refractivity contribution is -0.116. The van der Waals surface area contributed by atoms with Gasteiger partial charge in [-0.05, 0) is 37.6 Å². The van der Waals surface area contributed by atoms with Crippen molar-refractivity contribution < 1.29 is 4.79 Å². The van der Waals surface area contributed by atoms with E-state index in [0.29, 0.717) is 30.8 Å². The molecular formula is C15H18N4O2. The lowest BCUT2D eigenvalue weighted by atomic mass is 10.2. The maximum Gasteiger partial charge on any atom is 0.266 e. The van der Waals surface area contributed by atoms with E-state index in [0.717, 1.165) is 5.69 Å². The molecule has 2 rings (SSSR count). The van der Waals surface area contributed by atoms with Crippen LogP contribution >= 0.6 is 0 Å². The average molecular weight is 286 g/mol. The number of benzene rings is 1. The number of nitrogens with one attached hydrogen (secondary N) is 1. The summed E-state index contributed by atoms with van der Waals surface area (Å²) in [6.07, 6.45) is 0.862. The largest absolute Gasteiger partial charge is 0.399 e. The van der Waals surface area contributed by atoms with Gasteiger partial charge < -0.3 is 11.1 Å². The minimum atomic E-state index is -0.156. The molecule has 0 saturated carbocycles. The Balaban J connectivity index is 1.84. The van der Waals surface area contributed by atoms with E-state index in [1.54, 1.807) is 30.3 Å². The van der Waals surface area contributed by atoms with E-state index in [9.17, 15) is 9.59 Å². The Bertz CT molecular complexity index is 694. The molecule has 0 aliphatic rings. The highest BCUT2D eigenvalue weighted by molar-refractivity contribution is 5.91. The van der Waals surface area contributed by atoms with E-state index in [2.05, 4.69) is 10.4 Å². The molecule has 0 bridgehead atoms. The zero-order valence-electron chi connectivity index (χ0n) is 11.9. The van der Waals surface area contributed by atoms with Crippen LogP contribution in [0, 0.1) is 6.92 Å². The number of hydrogen-bond donors (Lipinski definition) is 2. The van der Waals surface area contributed by atoms with Gasteiger partial charge in [-0.15, -0.1) is 0 Å². The topological polar surface area (TPSA) is 90.0 Å². The minimum absolute atomic E-state index is 0.110. The predicted octanol–water partition coefficient (Wildman–Crippen LogP) is 1.55. The first-order chi connectivity index (χ1) is 10.0. The fourth-order valence-corrected chi connectivity index (χ4v) is 1.94. The summed E-state index contributed by atoms with van der Waals surface area (Å²) in [4.78, 5) is 23.4. The SMILES string of the molecule is Cc1ccc(=O)n(CCCC(=O)Nc2cccc(N)c2)n1. The maximum atomic E-state index is 11.8. The molecule has 0 atom stereocenters. The Hall–Kier alpha value is -2.63. The molecule has 0 aliphatic heterocycles. The van der Waals surface area contributed by atoms with Crippen LogP contribution in [-0.4, -0.2) is 15.7 Å². The van der Waals surface area contributed by atoms with Crippen molar-refractivity contribution in [2.24, 2.45) is 0 Å². The molecule has 21 heavy (non-hydrogen) atoms. The van der Waals surface area contributed by atoms with Gasteiger partial charge in [-0.3, -0.25) is 9.59 Å². The Morgan fingerprint density at radius 2 is 2.14 bits per heavy atom. The number of aryl methyl sites for hydroxylation is 2. The van der Waals surface area contributed by atoms with Crippen LogP contribution in [0.1, 0.15) is 18.5 Å². The molecule has 0 unspecified atom stereocenters. The van der Waals surface area contributed by atoms with Crippen LogP contribution in [0.3, 0.4) is 0 Å². The third kappa shape index (κ3) is 4.45. The number of aromatic nitrogens is 2. The number of nitrogens with two attached hydrogens (primary N) is 1. The first-order valence-corrected chi connectivity index (χ1v) is 6.75. The van der Waals surface area contributed by atoms with E-state index in [4.69, 9.17) is 5.73 Å². The van der Waals surface area contributed by atoms with Gasteiger partial charge in [0.15, 0.2) is 0 Å². The van der Waals surface area contributed by atoms with Crippen LogP contribution in [0.25, 0.3) is 0 Å². The van der Waals surface area contributed by atoms with Crippen LogP contribution in [-0.2, 0) is 11.3 Å². The molecule has 1 heterocycles. The monoisotopic (exact) mass is 286 g/mol. The van der Waals surface area contributed by atoms with Crippen molar-refractivity contribution in [2.45, 2.75) is 26.3 Å². The highest BCUT2D eigenvalue weighted by Crippen LogP contribution is 2.12. The fraction of sp³-hybridized carbons (Fsp3) is 0.267. The summed E-state index contributed by atoms with van der Waals surface area (Å²) in [7, 11) is 0. The molecule has 1 amide bonds. The molecule has 1 aromatic heterocycles. The first kappa shape index (κ1) is 14.8. The maximum absolute atomic E-state index is 11.8. The van der Waals surface area contributed by atoms with Gasteiger partial charge in [0, 0.05) is 30.4 Å². The van der Waals surface area contributed by atoms with Crippen molar-refractivity contribution in [3.63, 3.8) is 0 Å². The molecular weight excluding hydrogens is 268 g/mol. The number of carbonyl (C=O) groups is 1. The molecule has 3 N–H and O–H groups in total. The second-order valence-electron chi connectivity index (χ2n) is 4.81. The highest BCUT2D eigenvalue weighted by Gasteiger charge is 2.04. The van der Waals surface area contributed by atoms with Crippen LogP contribution in [0.15, 0.2) is 41.2 Å². The summed E-state index contributed by atoms with van der Waals surface area (Å²) in [6.45, 7) is 2.24. The third-order valence-electron chi connectivity index (χ3n) is 2.94. The number of rotatable bonds is 5. The van der Waals surface area contributed by atoms with Crippen LogP contribution < -0.4 is 16.6 Å². The first-order valence-electron chi connectivity index (χ1n) is 6.75. The summed E-state index contributed by atoms with van der Waals surface area (Å²) < 4.78 is 1.38. The fourth-order valence-electron chi connectivity index (χ4n) is 1.94. The van der Waals surface area contributed by atoms with Crippen LogP contribution in [0.2, 0.25) is 0 Å². The van der Waals surface area contributed by atoms with Gasteiger partial charge in [-0.2, -0.15) is 5.10 Å². The lowest BCUT2D eigenvalue weighted by Crippen LogP contribution is -2.23. The van der Waals surface area contributed by atoms with Crippen molar-refractivity contribution in [3.05, 3.63) is 52.4 Å². The lowest BCUT2D eigenvalue weighted by Gasteiger charge is -2.07. The second kappa shape index (κ2) is 6.69. The van der Waals surface area contributed by atoms with E-state index >= 15 is 0 Å². The molecule has 0 spiro atoms. The third-order valence-corrected chi connectivity index (χ3v) is 2.94. The molecule has 2 aromatic rings. The minimum Gasteiger partial charge on any atom is -0.399 e. The molecule has 110 valence electrons. The molecule has 0 radical (unpaired) electrons. The van der Waals surface area contributed by atoms with Crippen molar-refractivity contribution >= 4 is 17.3 Å². The number of anilines is 2. The van der Waals surface area contributed by atoms with Crippen molar-refractivity contribution in [3.8, 4) is 0 Å². The van der Waals surface area contributed by atoms with E-state index in [1.165, 1.54) is 10.7 Å². The van der Waals surface area contributed by atoms with Crippen molar-refractivity contribution in [1.29, 1.82) is 0 Å². The van der Waals surface area contributed by atoms with Gasteiger partial charge in [0.1, 0.15) is 0 Å². The summed E-state index contributed by atoms with van der Waals surface area (Å²) in [5, 5.41) is 6.89. The zero-order chi connectivity index (χ0) is 15.2. The summed E-state index contributed by atoms with van der Waals surface area (Å²) >= 11 is 0. The normalized spacial score (nSPS) is 10.3. The standard InChI is InChI=1S/C15H18N4O2/c1-11-7-8-15(21)19(18-11)9-3-6-14(20)17-13-5-2-4-12(16)10-13/h2,4-5,7-8,10H,3,6,9,16H2,1H3,(H,17,20). The van der Waals surface area contributed by atoms with Crippen LogP contribution in [0.4, 0.5) is 11.4 Å². The second-order valence-corrected chi connectivity index (χ2v) is 4.81. The van der Waals surface area contributed by atoms with E-state index < -0.39 is 0 Å². The number of carbonyl (C=O) groups excluding carboxylic acids is 1. The molecule has 6 heteroatoms. The van der Waals surface area contributed by atoms with Gasteiger partial charge in [0.2, 0.25) is 5.91 Å². The molecule has 1 aromatic carbocycles. The summed E-state index contributed by atoms with van der Waals surface area (Å²) in [5.74, 6) is -0.110. The van der Waals surface area contributed by atoms with Gasteiger partial charge in [-0.25, -0.2) is 4.68 Å².